The summed E-state index contributed by atoms with van der Waals surface area (Å²) in [7, 11) is 0. The van der Waals surface area contributed by atoms with E-state index in [4.69, 9.17) is 4.74 Å². The standard InChI is InChI=1S/C16H16O2/c1-13(11-17)15-9-5-6-10-16(15)18-12-14-7-3-2-4-8-14/h2-11,13H,12H2,1H3. The molecule has 0 fully saturated rings. The Kier molecular flexibility index (Phi) is 4.13. The van der Waals surface area contributed by atoms with Crippen LogP contribution in [0.25, 0.3) is 0 Å². The van der Waals surface area contributed by atoms with Crippen LogP contribution < -0.4 is 4.74 Å². The molecular weight excluding hydrogens is 224 g/mol. The molecule has 0 radical (unpaired) electrons. The third-order valence-electron chi connectivity index (χ3n) is 2.85. The summed E-state index contributed by atoms with van der Waals surface area (Å²) < 4.78 is 5.79. The highest BCUT2D eigenvalue weighted by Crippen LogP contribution is 2.25. The average Bonchev–Trinajstić information content (AvgIpc) is 2.45. The van der Waals surface area contributed by atoms with Crippen molar-refractivity contribution in [2.24, 2.45) is 0 Å². The molecule has 18 heavy (non-hydrogen) atoms. The number of ether oxygens (including phenoxy) is 1. The molecule has 2 aromatic rings. The first-order chi connectivity index (χ1) is 8.81. The lowest BCUT2D eigenvalue weighted by Crippen LogP contribution is -2.01. The summed E-state index contributed by atoms with van der Waals surface area (Å²) in [5.74, 6) is 0.637. The van der Waals surface area contributed by atoms with Crippen molar-refractivity contribution in [1.29, 1.82) is 0 Å². The van der Waals surface area contributed by atoms with Crippen LogP contribution >= 0.6 is 0 Å². The summed E-state index contributed by atoms with van der Waals surface area (Å²) in [6.07, 6.45) is 0.935. The van der Waals surface area contributed by atoms with Gasteiger partial charge in [0.2, 0.25) is 0 Å². The van der Waals surface area contributed by atoms with Crippen LogP contribution in [-0.2, 0) is 11.4 Å². The molecule has 2 rings (SSSR count). The molecule has 0 aliphatic rings. The van der Waals surface area contributed by atoms with Gasteiger partial charge >= 0.3 is 0 Å². The highest BCUT2D eigenvalue weighted by molar-refractivity contribution is 5.63. The lowest BCUT2D eigenvalue weighted by Gasteiger charge is -2.13. The van der Waals surface area contributed by atoms with Gasteiger partial charge in [-0.15, -0.1) is 0 Å². The summed E-state index contributed by atoms with van der Waals surface area (Å²) >= 11 is 0. The Labute approximate surface area is 107 Å². The van der Waals surface area contributed by atoms with E-state index in [1.54, 1.807) is 0 Å². The summed E-state index contributed by atoms with van der Waals surface area (Å²) in [6.45, 7) is 2.39. The van der Waals surface area contributed by atoms with Gasteiger partial charge in [0, 0.05) is 11.5 Å². The zero-order chi connectivity index (χ0) is 12.8. The Balaban J connectivity index is 2.12. The first-order valence-corrected chi connectivity index (χ1v) is 6.02. The first kappa shape index (κ1) is 12.4. The fourth-order valence-corrected chi connectivity index (χ4v) is 1.80. The Morgan fingerprint density at radius 1 is 1.06 bits per heavy atom. The number of benzene rings is 2. The minimum Gasteiger partial charge on any atom is -0.489 e. The monoisotopic (exact) mass is 240 g/mol. The fraction of sp³-hybridized carbons (Fsp3) is 0.188. The Bertz CT molecular complexity index is 506. The minimum atomic E-state index is -0.142. The molecule has 0 saturated carbocycles. The van der Waals surface area contributed by atoms with Crippen LogP contribution in [0.3, 0.4) is 0 Å². The molecular formula is C16H16O2. The normalized spacial score (nSPS) is 11.8. The third kappa shape index (κ3) is 2.98. The summed E-state index contributed by atoms with van der Waals surface area (Å²) in [6, 6.07) is 17.7. The van der Waals surface area contributed by atoms with Gasteiger partial charge in [-0.3, -0.25) is 0 Å². The van der Waals surface area contributed by atoms with E-state index in [1.165, 1.54) is 0 Å². The number of aldehydes is 1. The van der Waals surface area contributed by atoms with Crippen molar-refractivity contribution in [3.05, 3.63) is 65.7 Å². The zero-order valence-corrected chi connectivity index (χ0v) is 10.4. The van der Waals surface area contributed by atoms with Crippen molar-refractivity contribution in [3.63, 3.8) is 0 Å². The molecule has 1 unspecified atom stereocenters. The highest BCUT2D eigenvalue weighted by atomic mass is 16.5. The van der Waals surface area contributed by atoms with Crippen LogP contribution in [0.5, 0.6) is 5.75 Å². The van der Waals surface area contributed by atoms with Gasteiger partial charge in [0.1, 0.15) is 18.6 Å². The van der Waals surface area contributed by atoms with Gasteiger partial charge in [0.05, 0.1) is 0 Å². The molecule has 0 spiro atoms. The second-order valence-corrected chi connectivity index (χ2v) is 4.24. The van der Waals surface area contributed by atoms with Crippen LogP contribution in [0.4, 0.5) is 0 Å². The van der Waals surface area contributed by atoms with Gasteiger partial charge in [0.15, 0.2) is 0 Å². The average molecular weight is 240 g/mol. The molecule has 0 aromatic heterocycles. The number of hydrogen-bond donors (Lipinski definition) is 0. The number of para-hydroxylation sites is 1. The number of hydrogen-bond acceptors (Lipinski definition) is 2. The van der Waals surface area contributed by atoms with Crippen LogP contribution in [0.15, 0.2) is 54.6 Å². The van der Waals surface area contributed by atoms with E-state index in [2.05, 4.69) is 0 Å². The minimum absolute atomic E-state index is 0.142. The smallest absolute Gasteiger partial charge is 0.127 e. The largest absolute Gasteiger partial charge is 0.489 e. The molecule has 0 heterocycles. The van der Waals surface area contributed by atoms with Crippen LogP contribution in [-0.4, -0.2) is 6.29 Å². The molecule has 0 amide bonds. The fourth-order valence-electron chi connectivity index (χ4n) is 1.80. The van der Waals surface area contributed by atoms with Crippen molar-refractivity contribution < 1.29 is 9.53 Å². The highest BCUT2D eigenvalue weighted by Gasteiger charge is 2.09. The molecule has 0 N–H and O–H groups in total. The van der Waals surface area contributed by atoms with E-state index in [1.807, 2.05) is 61.5 Å². The number of carbonyl (C=O) groups is 1. The van der Waals surface area contributed by atoms with Crippen molar-refractivity contribution in [2.45, 2.75) is 19.4 Å². The maximum Gasteiger partial charge on any atom is 0.127 e. The lowest BCUT2D eigenvalue weighted by atomic mass is 10.0. The molecule has 1 atom stereocenters. The maximum absolute atomic E-state index is 10.9. The summed E-state index contributed by atoms with van der Waals surface area (Å²) in [5.41, 5.74) is 2.05. The molecule has 92 valence electrons. The van der Waals surface area contributed by atoms with Gasteiger partial charge in [-0.25, -0.2) is 0 Å². The molecule has 0 bridgehead atoms. The van der Waals surface area contributed by atoms with Crippen LogP contribution in [0.2, 0.25) is 0 Å². The van der Waals surface area contributed by atoms with E-state index in [0.717, 1.165) is 23.2 Å². The SMILES string of the molecule is CC(C=O)c1ccccc1OCc1ccccc1. The van der Waals surface area contributed by atoms with Gasteiger partial charge < -0.3 is 9.53 Å². The number of carbonyl (C=O) groups excluding carboxylic acids is 1. The second-order valence-electron chi connectivity index (χ2n) is 4.24. The van der Waals surface area contributed by atoms with Crippen molar-refractivity contribution >= 4 is 6.29 Å². The summed E-state index contributed by atoms with van der Waals surface area (Å²) in [5, 5.41) is 0. The van der Waals surface area contributed by atoms with E-state index >= 15 is 0 Å². The quantitative estimate of drug-likeness (QED) is 0.747. The molecule has 0 aliphatic heterocycles. The van der Waals surface area contributed by atoms with Gasteiger partial charge in [0.25, 0.3) is 0 Å². The molecule has 2 heteroatoms. The predicted molar refractivity (Wildman–Crippen MR) is 71.7 cm³/mol. The van der Waals surface area contributed by atoms with Gasteiger partial charge in [-0.1, -0.05) is 55.5 Å². The Morgan fingerprint density at radius 2 is 1.72 bits per heavy atom. The maximum atomic E-state index is 10.9. The zero-order valence-electron chi connectivity index (χ0n) is 10.4. The topological polar surface area (TPSA) is 26.3 Å². The van der Waals surface area contributed by atoms with Crippen LogP contribution in [0.1, 0.15) is 24.0 Å². The van der Waals surface area contributed by atoms with Crippen molar-refractivity contribution in [1.82, 2.24) is 0 Å². The predicted octanol–water partition coefficient (Wildman–Crippen LogP) is 3.57. The Morgan fingerprint density at radius 3 is 2.44 bits per heavy atom. The lowest BCUT2D eigenvalue weighted by molar-refractivity contribution is -0.108. The van der Waals surface area contributed by atoms with Crippen molar-refractivity contribution in [3.8, 4) is 5.75 Å². The van der Waals surface area contributed by atoms with Gasteiger partial charge in [-0.2, -0.15) is 0 Å². The second kappa shape index (κ2) is 6.01. The molecule has 0 aliphatic carbocycles. The molecule has 0 saturated heterocycles. The van der Waals surface area contributed by atoms with Crippen LogP contribution in [0, 0.1) is 0 Å². The Hall–Kier alpha value is -2.09. The number of rotatable bonds is 5. The molecule has 2 nitrogen and oxygen atoms in total. The van der Waals surface area contributed by atoms with Gasteiger partial charge in [-0.05, 0) is 11.6 Å². The van der Waals surface area contributed by atoms with E-state index in [0.29, 0.717) is 6.61 Å². The van der Waals surface area contributed by atoms with E-state index < -0.39 is 0 Å². The van der Waals surface area contributed by atoms with E-state index in [-0.39, 0.29) is 5.92 Å². The summed E-state index contributed by atoms with van der Waals surface area (Å²) in [4.78, 5) is 10.9. The first-order valence-electron chi connectivity index (χ1n) is 6.02. The van der Waals surface area contributed by atoms with Crippen molar-refractivity contribution in [2.75, 3.05) is 0 Å². The third-order valence-corrected chi connectivity index (χ3v) is 2.85. The van der Waals surface area contributed by atoms with E-state index in [9.17, 15) is 4.79 Å². The molecule has 2 aromatic carbocycles.